The van der Waals surface area contributed by atoms with E-state index >= 15 is 0 Å². The van der Waals surface area contributed by atoms with Crippen molar-refractivity contribution in [3.63, 3.8) is 0 Å². The summed E-state index contributed by atoms with van der Waals surface area (Å²) in [6, 6.07) is 1.87. The second kappa shape index (κ2) is 4.23. The van der Waals surface area contributed by atoms with Crippen molar-refractivity contribution in [1.82, 2.24) is 29.9 Å². The smallest absolute Gasteiger partial charge is 0.263 e. The quantitative estimate of drug-likeness (QED) is 0.691. The molecule has 3 aromatic rings. The Hall–Kier alpha value is -2.64. The molecule has 8 nitrogen and oxygen atoms in total. The van der Waals surface area contributed by atoms with Gasteiger partial charge in [-0.05, 0) is 6.07 Å². The normalized spacial score (nSPS) is 11.1. The van der Waals surface area contributed by atoms with Gasteiger partial charge in [0, 0.05) is 20.3 Å². The molecule has 0 saturated heterocycles. The zero-order valence-corrected chi connectivity index (χ0v) is 10.6. The number of fused-ring (bicyclic) bond motifs is 1. The van der Waals surface area contributed by atoms with Gasteiger partial charge in [-0.3, -0.25) is 19.6 Å². The van der Waals surface area contributed by atoms with Crippen molar-refractivity contribution in [2.45, 2.75) is 6.54 Å². The minimum Gasteiger partial charge on any atom is -0.339 e. The number of aromatic nitrogens is 6. The molecule has 0 atom stereocenters. The van der Waals surface area contributed by atoms with Crippen LogP contribution >= 0.6 is 0 Å². The van der Waals surface area contributed by atoms with Gasteiger partial charge in [-0.25, -0.2) is 0 Å². The van der Waals surface area contributed by atoms with Crippen LogP contribution in [0, 0.1) is 0 Å². The van der Waals surface area contributed by atoms with Crippen molar-refractivity contribution in [2.24, 2.45) is 7.05 Å². The molecule has 0 radical (unpaired) electrons. The Morgan fingerprint density at radius 2 is 2.32 bits per heavy atom. The highest BCUT2D eigenvalue weighted by atomic mass is 16.1. The highest BCUT2D eigenvalue weighted by molar-refractivity contribution is 5.74. The number of hydrogen-bond donors (Lipinski definition) is 2. The molecule has 8 heteroatoms. The van der Waals surface area contributed by atoms with Gasteiger partial charge in [0.25, 0.3) is 5.56 Å². The van der Waals surface area contributed by atoms with E-state index in [2.05, 4.69) is 25.3 Å². The molecular formula is C11H13N7O. The van der Waals surface area contributed by atoms with Crippen LogP contribution in [0.5, 0.6) is 0 Å². The van der Waals surface area contributed by atoms with Crippen LogP contribution in [0.4, 0.5) is 5.95 Å². The van der Waals surface area contributed by atoms with E-state index in [4.69, 9.17) is 0 Å². The molecule has 0 saturated carbocycles. The summed E-state index contributed by atoms with van der Waals surface area (Å²) in [6.07, 6.45) is 3.20. The van der Waals surface area contributed by atoms with Crippen molar-refractivity contribution in [1.29, 1.82) is 0 Å². The molecule has 3 rings (SSSR count). The first-order chi connectivity index (χ1) is 9.15. The van der Waals surface area contributed by atoms with Crippen LogP contribution in [-0.2, 0) is 13.6 Å². The molecule has 0 aromatic carbocycles. The van der Waals surface area contributed by atoms with Crippen molar-refractivity contribution in [3.8, 4) is 0 Å². The lowest BCUT2D eigenvalue weighted by molar-refractivity contribution is 0.777. The van der Waals surface area contributed by atoms with Gasteiger partial charge in [0.15, 0.2) is 5.65 Å². The van der Waals surface area contributed by atoms with Crippen LogP contribution in [0.25, 0.3) is 11.0 Å². The predicted octanol–water partition coefficient (Wildman–Crippen LogP) is 0.0161. The molecule has 3 heterocycles. The molecule has 98 valence electrons. The summed E-state index contributed by atoms with van der Waals surface area (Å²) < 4.78 is 1.58. The van der Waals surface area contributed by atoms with Gasteiger partial charge in [-0.15, -0.1) is 0 Å². The van der Waals surface area contributed by atoms with Gasteiger partial charge in [0.2, 0.25) is 5.95 Å². The van der Waals surface area contributed by atoms with Crippen LogP contribution < -0.4 is 10.5 Å². The van der Waals surface area contributed by atoms with Crippen molar-refractivity contribution < 1.29 is 0 Å². The largest absolute Gasteiger partial charge is 0.339 e. The molecule has 0 bridgehead atoms. The SMILES string of the molecule is CN(Cc1ccn[nH]1)c1nc2c(cnn2C)c(=O)[nH]1. The number of aryl methyl sites for hydroxylation is 1. The average molecular weight is 259 g/mol. The Morgan fingerprint density at radius 3 is 3.05 bits per heavy atom. The van der Waals surface area contributed by atoms with E-state index in [1.54, 1.807) is 17.9 Å². The monoisotopic (exact) mass is 259 g/mol. The standard InChI is InChI=1S/C11H13N7O/c1-17(6-7-3-4-12-16-7)11-14-9-8(10(19)15-11)5-13-18(9)2/h3-5H,6H2,1-2H3,(H,12,16)(H,14,15,19). The van der Waals surface area contributed by atoms with E-state index in [0.29, 0.717) is 23.5 Å². The van der Waals surface area contributed by atoms with E-state index in [-0.39, 0.29) is 5.56 Å². The lowest BCUT2D eigenvalue weighted by atomic mass is 10.4. The van der Waals surface area contributed by atoms with Crippen molar-refractivity contribution >= 4 is 17.0 Å². The number of nitrogens with one attached hydrogen (secondary N) is 2. The number of hydrogen-bond acceptors (Lipinski definition) is 5. The maximum absolute atomic E-state index is 11.9. The lowest BCUT2D eigenvalue weighted by Crippen LogP contribution is -2.23. The zero-order chi connectivity index (χ0) is 13.4. The molecular weight excluding hydrogens is 246 g/mol. The number of H-pyrrole nitrogens is 2. The fraction of sp³-hybridized carbons (Fsp3) is 0.273. The Balaban J connectivity index is 2.00. The highest BCUT2D eigenvalue weighted by Gasteiger charge is 2.11. The fourth-order valence-corrected chi connectivity index (χ4v) is 1.90. The summed E-state index contributed by atoms with van der Waals surface area (Å²) in [5.41, 5.74) is 1.31. The topological polar surface area (TPSA) is 95.5 Å². The Morgan fingerprint density at radius 1 is 1.47 bits per heavy atom. The first kappa shape index (κ1) is 11.5. The summed E-state index contributed by atoms with van der Waals surface area (Å²) in [6.45, 7) is 0.576. The maximum Gasteiger partial charge on any atom is 0.263 e. The van der Waals surface area contributed by atoms with Gasteiger partial charge in [0.1, 0.15) is 5.39 Å². The number of aromatic amines is 2. The Labute approximate surface area is 108 Å². The molecule has 3 aromatic heterocycles. The third kappa shape index (κ3) is 1.96. The van der Waals surface area contributed by atoms with E-state index in [1.165, 1.54) is 6.20 Å². The first-order valence-electron chi connectivity index (χ1n) is 5.76. The molecule has 0 aliphatic rings. The van der Waals surface area contributed by atoms with Crippen molar-refractivity contribution in [2.75, 3.05) is 11.9 Å². The van der Waals surface area contributed by atoms with Gasteiger partial charge >= 0.3 is 0 Å². The van der Waals surface area contributed by atoms with E-state index in [9.17, 15) is 4.79 Å². The molecule has 2 N–H and O–H groups in total. The summed E-state index contributed by atoms with van der Waals surface area (Å²) in [5.74, 6) is 0.496. The average Bonchev–Trinajstić information content (AvgIpc) is 3.00. The summed E-state index contributed by atoms with van der Waals surface area (Å²) in [7, 11) is 3.61. The summed E-state index contributed by atoms with van der Waals surface area (Å²) >= 11 is 0. The molecule has 0 unspecified atom stereocenters. The number of nitrogens with zero attached hydrogens (tertiary/aromatic N) is 5. The minimum absolute atomic E-state index is 0.190. The molecule has 0 amide bonds. The number of anilines is 1. The Bertz CT molecular complexity index is 755. The van der Waals surface area contributed by atoms with Crippen LogP contribution in [0.15, 0.2) is 23.3 Å². The minimum atomic E-state index is -0.190. The van der Waals surface area contributed by atoms with Crippen LogP contribution in [0.1, 0.15) is 5.69 Å². The Kier molecular flexibility index (Phi) is 2.55. The van der Waals surface area contributed by atoms with E-state index in [1.807, 2.05) is 18.0 Å². The second-order valence-corrected chi connectivity index (χ2v) is 4.33. The van der Waals surface area contributed by atoms with Crippen LogP contribution in [-0.4, -0.2) is 37.0 Å². The summed E-state index contributed by atoms with van der Waals surface area (Å²) in [4.78, 5) is 20.9. The van der Waals surface area contributed by atoms with Crippen LogP contribution in [0.3, 0.4) is 0 Å². The zero-order valence-electron chi connectivity index (χ0n) is 10.6. The molecule has 0 aliphatic carbocycles. The molecule has 19 heavy (non-hydrogen) atoms. The van der Waals surface area contributed by atoms with Gasteiger partial charge in [-0.2, -0.15) is 15.2 Å². The lowest BCUT2D eigenvalue weighted by Gasteiger charge is -2.16. The second-order valence-electron chi connectivity index (χ2n) is 4.33. The van der Waals surface area contributed by atoms with Crippen molar-refractivity contribution in [3.05, 3.63) is 34.5 Å². The van der Waals surface area contributed by atoms with Gasteiger partial charge in [-0.1, -0.05) is 0 Å². The third-order valence-corrected chi connectivity index (χ3v) is 2.92. The van der Waals surface area contributed by atoms with E-state index < -0.39 is 0 Å². The summed E-state index contributed by atoms with van der Waals surface area (Å²) in [5, 5.41) is 11.3. The molecule has 0 fully saturated rings. The first-order valence-corrected chi connectivity index (χ1v) is 5.76. The van der Waals surface area contributed by atoms with Crippen LogP contribution in [0.2, 0.25) is 0 Å². The molecule has 0 spiro atoms. The predicted molar refractivity (Wildman–Crippen MR) is 69.8 cm³/mol. The highest BCUT2D eigenvalue weighted by Crippen LogP contribution is 2.11. The van der Waals surface area contributed by atoms with Gasteiger partial charge in [0.05, 0.1) is 18.4 Å². The maximum atomic E-state index is 11.9. The fourth-order valence-electron chi connectivity index (χ4n) is 1.90. The number of rotatable bonds is 3. The molecule has 0 aliphatic heterocycles. The third-order valence-electron chi connectivity index (χ3n) is 2.92. The van der Waals surface area contributed by atoms with Gasteiger partial charge < -0.3 is 4.90 Å². The van der Waals surface area contributed by atoms with E-state index in [0.717, 1.165) is 5.69 Å².